The third-order valence-electron chi connectivity index (χ3n) is 5.70. The van der Waals surface area contributed by atoms with Gasteiger partial charge in [0.15, 0.2) is 5.11 Å². The molecule has 9 heteroatoms. The van der Waals surface area contributed by atoms with Gasteiger partial charge in [-0.2, -0.15) is 5.26 Å². The van der Waals surface area contributed by atoms with E-state index in [-0.39, 0.29) is 22.3 Å². The largest absolute Gasteiger partial charge is 0.355 e. The highest BCUT2D eigenvalue weighted by atomic mass is 32.1. The second-order valence-corrected chi connectivity index (χ2v) is 7.72. The van der Waals surface area contributed by atoms with Crippen LogP contribution in [0.1, 0.15) is 40.9 Å². The molecule has 152 valence electrons. The molecule has 2 fully saturated rings. The number of benzene rings is 1. The molecule has 4 rings (SSSR count). The van der Waals surface area contributed by atoms with Gasteiger partial charge < -0.3 is 10.2 Å². The van der Waals surface area contributed by atoms with Crippen molar-refractivity contribution >= 4 is 40.5 Å². The number of nitriles is 1. The molecule has 1 saturated heterocycles. The molecule has 2 aromatic rings. The van der Waals surface area contributed by atoms with Crippen molar-refractivity contribution in [3.63, 3.8) is 0 Å². The van der Waals surface area contributed by atoms with Gasteiger partial charge in [0.05, 0.1) is 17.4 Å². The van der Waals surface area contributed by atoms with Gasteiger partial charge in [-0.3, -0.25) is 14.5 Å². The van der Waals surface area contributed by atoms with E-state index in [1.165, 1.54) is 30.3 Å². The third-order valence-corrected chi connectivity index (χ3v) is 6.07. The van der Waals surface area contributed by atoms with Gasteiger partial charge in [0, 0.05) is 12.7 Å². The van der Waals surface area contributed by atoms with Crippen molar-refractivity contribution < 1.29 is 14.0 Å². The van der Waals surface area contributed by atoms with Gasteiger partial charge in [-0.1, -0.05) is 0 Å². The van der Waals surface area contributed by atoms with E-state index in [2.05, 4.69) is 10.3 Å². The lowest BCUT2D eigenvalue weighted by atomic mass is 9.75. The Bertz CT molecular complexity index is 1140. The number of nitrogens with zero attached hydrogens (tertiary/aromatic N) is 4. The average Bonchev–Trinajstić information content (AvgIpc) is 2.94. The first-order chi connectivity index (χ1) is 14.3. The van der Waals surface area contributed by atoms with Gasteiger partial charge in [-0.05, 0) is 68.2 Å². The zero-order valence-electron chi connectivity index (χ0n) is 16.4. The summed E-state index contributed by atoms with van der Waals surface area (Å²) in [6, 6.07) is 7.91. The summed E-state index contributed by atoms with van der Waals surface area (Å²) in [6.45, 7) is 1.74. The predicted molar refractivity (Wildman–Crippen MR) is 113 cm³/mol. The van der Waals surface area contributed by atoms with Crippen molar-refractivity contribution in [3.8, 4) is 6.07 Å². The van der Waals surface area contributed by atoms with Crippen LogP contribution in [0.4, 0.5) is 15.8 Å². The number of carbonyl (C=O) groups excluding carboxylic acids is 2. The van der Waals surface area contributed by atoms with Crippen molar-refractivity contribution in [2.24, 2.45) is 0 Å². The summed E-state index contributed by atoms with van der Waals surface area (Å²) >= 11 is 5.64. The first kappa shape index (κ1) is 19.9. The number of amides is 2. The number of carbonyl (C=O) groups is 2. The lowest BCUT2D eigenvalue weighted by Crippen LogP contribution is -2.55. The molecule has 2 heterocycles. The molecule has 7 nitrogen and oxygen atoms in total. The number of hydrogen-bond donors (Lipinski definition) is 1. The Hall–Kier alpha value is -3.38. The minimum Gasteiger partial charge on any atom is -0.355 e. The maximum Gasteiger partial charge on any atom is 0.259 e. The van der Waals surface area contributed by atoms with Crippen LogP contribution in [0.15, 0.2) is 30.5 Å². The first-order valence-electron chi connectivity index (χ1n) is 9.41. The Morgan fingerprint density at radius 2 is 2.07 bits per heavy atom. The standard InChI is InChI=1S/C21H18FN5O2S/c1-12-8-14(11-25-17(12)10-23)26-19(29)21(6-3-7-21)27(20(26)30)13-4-5-15(16(22)9-13)18(28)24-2/h4-5,8-9,11H,3,6-7H2,1-2H3,(H,24,28). The summed E-state index contributed by atoms with van der Waals surface area (Å²) in [5.74, 6) is -1.41. The van der Waals surface area contributed by atoms with Crippen LogP contribution in [0.3, 0.4) is 0 Å². The van der Waals surface area contributed by atoms with Crippen molar-refractivity contribution in [1.82, 2.24) is 10.3 Å². The molecule has 1 aromatic heterocycles. The fourth-order valence-corrected chi connectivity index (χ4v) is 4.44. The topological polar surface area (TPSA) is 89.3 Å². The molecular formula is C21H18FN5O2S. The van der Waals surface area contributed by atoms with E-state index in [4.69, 9.17) is 17.5 Å². The Morgan fingerprint density at radius 1 is 1.33 bits per heavy atom. The van der Waals surface area contributed by atoms with Gasteiger partial charge in [0.2, 0.25) is 0 Å². The number of hydrogen-bond acceptors (Lipinski definition) is 5. The minimum absolute atomic E-state index is 0.0795. The lowest BCUT2D eigenvalue weighted by molar-refractivity contribution is -0.123. The van der Waals surface area contributed by atoms with Crippen LogP contribution in [0.5, 0.6) is 0 Å². The van der Waals surface area contributed by atoms with E-state index < -0.39 is 17.3 Å². The molecule has 0 bridgehead atoms. The van der Waals surface area contributed by atoms with Gasteiger partial charge in [-0.25, -0.2) is 9.37 Å². The zero-order valence-corrected chi connectivity index (χ0v) is 17.2. The molecule has 1 spiro atoms. The predicted octanol–water partition coefficient (Wildman–Crippen LogP) is 2.82. The average molecular weight is 423 g/mol. The van der Waals surface area contributed by atoms with Crippen LogP contribution in [0.25, 0.3) is 0 Å². The maximum atomic E-state index is 14.6. The Labute approximate surface area is 178 Å². The highest BCUT2D eigenvalue weighted by molar-refractivity contribution is 7.81. The van der Waals surface area contributed by atoms with E-state index in [0.29, 0.717) is 29.8 Å². The van der Waals surface area contributed by atoms with Gasteiger partial charge in [0.1, 0.15) is 23.1 Å². The number of halogens is 1. The second-order valence-electron chi connectivity index (χ2n) is 7.36. The van der Waals surface area contributed by atoms with Gasteiger partial charge in [-0.15, -0.1) is 0 Å². The van der Waals surface area contributed by atoms with Crippen LogP contribution in [-0.4, -0.2) is 34.5 Å². The van der Waals surface area contributed by atoms with E-state index in [1.807, 2.05) is 6.07 Å². The summed E-state index contributed by atoms with van der Waals surface area (Å²) in [5.41, 5.74) is 0.840. The van der Waals surface area contributed by atoms with Crippen LogP contribution in [-0.2, 0) is 4.79 Å². The molecule has 0 unspecified atom stereocenters. The molecule has 0 atom stereocenters. The molecule has 2 aliphatic rings. The lowest BCUT2D eigenvalue weighted by Gasteiger charge is -2.43. The Kier molecular flexibility index (Phi) is 4.74. The SMILES string of the molecule is CNC(=O)c1ccc(N2C(=S)N(c3cnc(C#N)c(C)c3)C(=O)C23CCC3)cc1F. The van der Waals surface area contributed by atoms with Crippen molar-refractivity contribution in [3.05, 3.63) is 53.1 Å². The van der Waals surface area contributed by atoms with E-state index >= 15 is 0 Å². The number of rotatable bonds is 3. The number of aromatic nitrogens is 1. The van der Waals surface area contributed by atoms with Crippen LogP contribution in [0.2, 0.25) is 0 Å². The van der Waals surface area contributed by atoms with Crippen molar-refractivity contribution in [2.75, 3.05) is 16.8 Å². The first-order valence-corrected chi connectivity index (χ1v) is 9.82. The fraction of sp³-hybridized carbons (Fsp3) is 0.286. The monoisotopic (exact) mass is 423 g/mol. The maximum absolute atomic E-state index is 14.6. The minimum atomic E-state index is -0.875. The molecule has 2 amide bonds. The smallest absolute Gasteiger partial charge is 0.259 e. The highest BCUT2D eigenvalue weighted by Crippen LogP contribution is 2.47. The molecular weight excluding hydrogens is 405 g/mol. The molecule has 1 aromatic carbocycles. The van der Waals surface area contributed by atoms with Crippen LogP contribution < -0.4 is 15.1 Å². The van der Waals surface area contributed by atoms with E-state index in [9.17, 15) is 14.0 Å². The fourth-order valence-electron chi connectivity index (χ4n) is 3.97. The number of pyridine rings is 1. The molecule has 1 aliphatic carbocycles. The normalized spacial score (nSPS) is 17.1. The van der Waals surface area contributed by atoms with Crippen molar-refractivity contribution in [1.29, 1.82) is 5.26 Å². The number of aryl methyl sites for hydroxylation is 1. The quantitative estimate of drug-likeness (QED) is 0.764. The molecule has 1 N–H and O–H groups in total. The highest BCUT2D eigenvalue weighted by Gasteiger charge is 2.59. The summed E-state index contributed by atoms with van der Waals surface area (Å²) in [6.07, 6.45) is 3.47. The third kappa shape index (κ3) is 2.75. The van der Waals surface area contributed by atoms with E-state index in [0.717, 1.165) is 6.42 Å². The molecule has 0 radical (unpaired) electrons. The van der Waals surface area contributed by atoms with Crippen LogP contribution in [0, 0.1) is 24.1 Å². The zero-order chi connectivity index (χ0) is 21.6. The van der Waals surface area contributed by atoms with Gasteiger partial charge >= 0.3 is 0 Å². The Morgan fingerprint density at radius 3 is 2.60 bits per heavy atom. The van der Waals surface area contributed by atoms with Gasteiger partial charge in [0.25, 0.3) is 11.8 Å². The molecule has 30 heavy (non-hydrogen) atoms. The summed E-state index contributed by atoms with van der Waals surface area (Å²) in [5, 5.41) is 11.7. The van der Waals surface area contributed by atoms with Crippen LogP contribution >= 0.6 is 12.2 Å². The molecule has 1 aliphatic heterocycles. The molecule has 1 saturated carbocycles. The summed E-state index contributed by atoms with van der Waals surface area (Å²) in [4.78, 5) is 32.4. The number of anilines is 2. The van der Waals surface area contributed by atoms with E-state index in [1.54, 1.807) is 24.0 Å². The second kappa shape index (κ2) is 7.15. The van der Waals surface area contributed by atoms with Crippen molar-refractivity contribution in [2.45, 2.75) is 31.7 Å². The number of thiocarbonyl (C=S) groups is 1. The Balaban J connectivity index is 1.78. The summed E-state index contributed by atoms with van der Waals surface area (Å²) in [7, 11) is 1.43. The summed E-state index contributed by atoms with van der Waals surface area (Å²) < 4.78 is 14.6. The number of nitrogens with one attached hydrogen (secondary N) is 1.